The van der Waals surface area contributed by atoms with Crippen LogP contribution in [-0.2, 0) is 11.4 Å². The Balaban J connectivity index is 3.01. The number of halogens is 1. The molecule has 1 aromatic rings. The molecule has 0 radical (unpaired) electrons. The van der Waals surface area contributed by atoms with Crippen molar-refractivity contribution in [3.63, 3.8) is 0 Å². The van der Waals surface area contributed by atoms with E-state index in [0.29, 0.717) is 17.1 Å². The van der Waals surface area contributed by atoms with Crippen molar-refractivity contribution in [1.29, 1.82) is 0 Å². The van der Waals surface area contributed by atoms with E-state index < -0.39 is 5.91 Å². The van der Waals surface area contributed by atoms with Gasteiger partial charge in [0.05, 0.1) is 17.3 Å². The Bertz CT molecular complexity index is 395. The van der Waals surface area contributed by atoms with Gasteiger partial charge < -0.3 is 20.3 Å². The van der Waals surface area contributed by atoms with Crippen molar-refractivity contribution >= 4 is 28.5 Å². The summed E-state index contributed by atoms with van der Waals surface area (Å²) in [4.78, 5) is 10.6. The molecule has 6 heteroatoms. The first-order chi connectivity index (χ1) is 7.58. The van der Waals surface area contributed by atoms with Crippen molar-refractivity contribution < 1.29 is 19.4 Å². The van der Waals surface area contributed by atoms with Crippen molar-refractivity contribution in [3.05, 3.63) is 21.3 Å². The first-order valence-corrected chi connectivity index (χ1v) is 5.54. The minimum Gasteiger partial charge on any atom is -0.493 e. The van der Waals surface area contributed by atoms with Crippen LogP contribution in [0.1, 0.15) is 5.56 Å². The predicted molar refractivity (Wildman–Crippen MR) is 66.3 cm³/mol. The van der Waals surface area contributed by atoms with Crippen LogP contribution >= 0.6 is 22.6 Å². The Kier molecular flexibility index (Phi) is 4.81. The summed E-state index contributed by atoms with van der Waals surface area (Å²) in [5, 5.41) is 9.02. The number of ether oxygens (including phenoxy) is 2. The molecule has 0 unspecified atom stereocenters. The number of amides is 1. The molecule has 1 aromatic carbocycles. The maximum Gasteiger partial charge on any atom is 0.255 e. The van der Waals surface area contributed by atoms with Gasteiger partial charge in [-0.15, -0.1) is 0 Å². The van der Waals surface area contributed by atoms with Crippen molar-refractivity contribution in [2.75, 3.05) is 13.7 Å². The molecule has 88 valence electrons. The molecule has 0 aliphatic rings. The molecule has 16 heavy (non-hydrogen) atoms. The fraction of sp³-hybridized carbons (Fsp3) is 0.300. The lowest BCUT2D eigenvalue weighted by Crippen LogP contribution is -2.20. The summed E-state index contributed by atoms with van der Waals surface area (Å²) in [6, 6.07) is 3.40. The summed E-state index contributed by atoms with van der Waals surface area (Å²) in [6.45, 7) is -0.284. The van der Waals surface area contributed by atoms with Crippen LogP contribution in [0.5, 0.6) is 11.5 Å². The third kappa shape index (κ3) is 3.24. The molecule has 5 nitrogen and oxygen atoms in total. The summed E-state index contributed by atoms with van der Waals surface area (Å²) < 4.78 is 11.1. The van der Waals surface area contributed by atoms with Crippen LogP contribution in [0, 0.1) is 3.57 Å². The number of hydrogen-bond acceptors (Lipinski definition) is 4. The van der Waals surface area contributed by atoms with Crippen LogP contribution in [0.25, 0.3) is 0 Å². The van der Waals surface area contributed by atoms with Crippen molar-refractivity contribution in [1.82, 2.24) is 0 Å². The van der Waals surface area contributed by atoms with Gasteiger partial charge in [-0.1, -0.05) is 0 Å². The van der Waals surface area contributed by atoms with Gasteiger partial charge in [-0.25, -0.2) is 0 Å². The molecule has 3 N–H and O–H groups in total. The predicted octanol–water partition coefficient (Wildman–Crippen LogP) is 0.656. The van der Waals surface area contributed by atoms with Gasteiger partial charge in [0.25, 0.3) is 5.91 Å². The molecule has 0 bridgehead atoms. The van der Waals surface area contributed by atoms with Crippen LogP contribution in [0.2, 0.25) is 0 Å². The molecule has 0 saturated carbocycles. The number of aliphatic hydroxyl groups excluding tert-OH is 1. The van der Waals surface area contributed by atoms with Gasteiger partial charge in [-0.05, 0) is 40.3 Å². The first kappa shape index (κ1) is 13.0. The summed E-state index contributed by atoms with van der Waals surface area (Å²) in [6.07, 6.45) is 0. The number of methoxy groups -OCH3 is 1. The summed E-state index contributed by atoms with van der Waals surface area (Å²) >= 11 is 2.04. The lowest BCUT2D eigenvalue weighted by molar-refractivity contribution is -0.119. The van der Waals surface area contributed by atoms with E-state index in [-0.39, 0.29) is 13.2 Å². The topological polar surface area (TPSA) is 81.8 Å². The first-order valence-electron chi connectivity index (χ1n) is 4.46. The van der Waals surface area contributed by atoms with Gasteiger partial charge in [0.1, 0.15) is 0 Å². The third-order valence-electron chi connectivity index (χ3n) is 1.83. The van der Waals surface area contributed by atoms with Crippen LogP contribution in [-0.4, -0.2) is 24.7 Å². The zero-order valence-electron chi connectivity index (χ0n) is 8.70. The number of hydrogen-bond donors (Lipinski definition) is 2. The Morgan fingerprint density at radius 1 is 1.56 bits per heavy atom. The second-order valence-electron chi connectivity index (χ2n) is 3.02. The number of nitrogens with two attached hydrogens (primary N) is 1. The molecule has 0 spiro atoms. The number of carbonyl (C=O) groups is 1. The standard InChI is InChI=1S/C10H12INO4/c1-15-8-3-6(4-13)2-7(11)10(8)16-5-9(12)14/h2-3,13H,4-5H2,1H3,(H2,12,14). The van der Waals surface area contributed by atoms with Gasteiger partial charge in [0.2, 0.25) is 0 Å². The van der Waals surface area contributed by atoms with Crippen LogP contribution in [0.3, 0.4) is 0 Å². The molecule has 0 atom stereocenters. The molecular weight excluding hydrogens is 325 g/mol. The number of aliphatic hydroxyl groups is 1. The zero-order valence-corrected chi connectivity index (χ0v) is 10.9. The van der Waals surface area contributed by atoms with Crippen molar-refractivity contribution in [2.24, 2.45) is 5.73 Å². The van der Waals surface area contributed by atoms with E-state index in [9.17, 15) is 4.79 Å². The van der Waals surface area contributed by atoms with Gasteiger partial charge in [0, 0.05) is 0 Å². The van der Waals surface area contributed by atoms with Crippen LogP contribution in [0.15, 0.2) is 12.1 Å². The largest absolute Gasteiger partial charge is 0.493 e. The number of primary amides is 1. The van der Waals surface area contributed by atoms with Gasteiger partial charge in [-0.3, -0.25) is 4.79 Å². The minimum absolute atomic E-state index is 0.0809. The molecule has 0 aliphatic heterocycles. The van der Waals surface area contributed by atoms with E-state index in [2.05, 4.69) is 0 Å². The highest BCUT2D eigenvalue weighted by atomic mass is 127. The maximum absolute atomic E-state index is 10.6. The Hall–Kier alpha value is -1.02. The van der Waals surface area contributed by atoms with E-state index >= 15 is 0 Å². The molecule has 1 amide bonds. The third-order valence-corrected chi connectivity index (χ3v) is 2.63. The lowest BCUT2D eigenvalue weighted by Gasteiger charge is -2.12. The molecule has 0 saturated heterocycles. The molecule has 0 fully saturated rings. The van der Waals surface area contributed by atoms with E-state index in [1.165, 1.54) is 7.11 Å². The fourth-order valence-corrected chi connectivity index (χ4v) is 1.97. The second kappa shape index (κ2) is 5.90. The quantitative estimate of drug-likeness (QED) is 0.774. The average molecular weight is 337 g/mol. The lowest BCUT2D eigenvalue weighted by atomic mass is 10.2. The smallest absolute Gasteiger partial charge is 0.255 e. The number of rotatable bonds is 5. The fourth-order valence-electron chi connectivity index (χ4n) is 1.15. The van der Waals surface area contributed by atoms with E-state index in [1.807, 2.05) is 22.6 Å². The summed E-state index contributed by atoms with van der Waals surface area (Å²) in [5.41, 5.74) is 5.71. The minimum atomic E-state index is -0.552. The van der Waals surface area contributed by atoms with E-state index in [0.717, 1.165) is 3.57 Å². The zero-order chi connectivity index (χ0) is 12.1. The second-order valence-corrected chi connectivity index (χ2v) is 4.18. The Labute approximate surface area is 107 Å². The normalized spacial score (nSPS) is 9.94. The highest BCUT2D eigenvalue weighted by molar-refractivity contribution is 14.1. The highest BCUT2D eigenvalue weighted by Gasteiger charge is 2.12. The Morgan fingerprint density at radius 3 is 2.75 bits per heavy atom. The summed E-state index contributed by atoms with van der Waals surface area (Å²) in [5.74, 6) is 0.375. The van der Waals surface area contributed by atoms with E-state index in [1.54, 1.807) is 12.1 Å². The van der Waals surface area contributed by atoms with Gasteiger partial charge in [-0.2, -0.15) is 0 Å². The highest BCUT2D eigenvalue weighted by Crippen LogP contribution is 2.33. The Morgan fingerprint density at radius 2 is 2.25 bits per heavy atom. The number of carbonyl (C=O) groups excluding carboxylic acids is 1. The average Bonchev–Trinajstić information content (AvgIpc) is 2.26. The van der Waals surface area contributed by atoms with E-state index in [4.69, 9.17) is 20.3 Å². The molecule has 1 rings (SSSR count). The van der Waals surface area contributed by atoms with Gasteiger partial charge >= 0.3 is 0 Å². The maximum atomic E-state index is 10.6. The van der Waals surface area contributed by atoms with Crippen molar-refractivity contribution in [3.8, 4) is 11.5 Å². The van der Waals surface area contributed by atoms with Crippen molar-refractivity contribution in [2.45, 2.75) is 6.61 Å². The monoisotopic (exact) mass is 337 g/mol. The van der Waals surface area contributed by atoms with Crippen LogP contribution in [0.4, 0.5) is 0 Å². The molecule has 0 aliphatic carbocycles. The molecule has 0 heterocycles. The summed E-state index contributed by atoms with van der Waals surface area (Å²) in [7, 11) is 1.49. The SMILES string of the molecule is COc1cc(CO)cc(I)c1OCC(N)=O. The van der Waals surface area contributed by atoms with Gasteiger partial charge in [0.15, 0.2) is 18.1 Å². The number of benzene rings is 1. The molecular formula is C10H12INO4. The van der Waals surface area contributed by atoms with Crippen LogP contribution < -0.4 is 15.2 Å². The molecule has 0 aromatic heterocycles.